The maximum absolute atomic E-state index is 13.4. The first-order valence-electron chi connectivity index (χ1n) is 11.5. The van der Waals surface area contributed by atoms with Gasteiger partial charge in [0.2, 0.25) is 5.95 Å². The number of hydrogen-bond donors (Lipinski definition) is 0. The van der Waals surface area contributed by atoms with Crippen LogP contribution in [0, 0.1) is 13.8 Å². The average Bonchev–Trinajstić information content (AvgIpc) is 3.44. The summed E-state index contributed by atoms with van der Waals surface area (Å²) in [5.74, 6) is 0.726. The fourth-order valence-electron chi connectivity index (χ4n) is 4.59. The predicted octanol–water partition coefficient (Wildman–Crippen LogP) is 2.28. The van der Waals surface area contributed by atoms with Crippen LogP contribution in [-0.2, 0) is 9.84 Å². The van der Waals surface area contributed by atoms with Crippen LogP contribution in [-0.4, -0.2) is 76.7 Å². The summed E-state index contributed by atoms with van der Waals surface area (Å²) in [6.45, 7) is 6.46. The van der Waals surface area contributed by atoms with Crippen LogP contribution in [0.4, 0.5) is 5.95 Å². The maximum atomic E-state index is 13.4. The lowest BCUT2D eigenvalue weighted by molar-refractivity contribution is 0.0739. The molecule has 0 bridgehead atoms. The van der Waals surface area contributed by atoms with E-state index in [2.05, 4.69) is 33.0 Å². The molecule has 1 amide bonds. The van der Waals surface area contributed by atoms with E-state index in [1.807, 2.05) is 25.1 Å². The molecule has 2 saturated heterocycles. The third-order valence-electron chi connectivity index (χ3n) is 6.71. The molecule has 1 unspecified atom stereocenters. The number of carbonyl (C=O) groups is 1. The van der Waals surface area contributed by atoms with Crippen molar-refractivity contribution >= 4 is 21.7 Å². The predicted molar refractivity (Wildman–Crippen MR) is 130 cm³/mol. The summed E-state index contributed by atoms with van der Waals surface area (Å²) < 4.78 is 26.1. The van der Waals surface area contributed by atoms with E-state index in [1.54, 1.807) is 28.0 Å². The topological polar surface area (TPSA) is 101 Å². The van der Waals surface area contributed by atoms with Gasteiger partial charge in [-0.25, -0.2) is 18.4 Å². The first-order chi connectivity index (χ1) is 16.3. The van der Waals surface area contributed by atoms with Crippen molar-refractivity contribution in [3.8, 4) is 11.3 Å². The first-order valence-corrected chi connectivity index (χ1v) is 13.3. The van der Waals surface area contributed by atoms with E-state index in [0.717, 1.165) is 16.8 Å². The summed E-state index contributed by atoms with van der Waals surface area (Å²) in [5, 5.41) is 4.66. The molecule has 5 rings (SSSR count). The summed E-state index contributed by atoms with van der Waals surface area (Å²) >= 11 is 0. The number of hydrogen-bond acceptors (Lipinski definition) is 7. The molecule has 34 heavy (non-hydrogen) atoms. The summed E-state index contributed by atoms with van der Waals surface area (Å²) in [7, 11) is -3.09. The van der Waals surface area contributed by atoms with Gasteiger partial charge in [0.1, 0.15) is 0 Å². The molecule has 2 aliphatic rings. The Hall–Kier alpha value is -3.27. The number of anilines is 1. The highest BCUT2D eigenvalue weighted by molar-refractivity contribution is 7.91. The van der Waals surface area contributed by atoms with Crippen LogP contribution in [0.25, 0.3) is 11.3 Å². The fourth-order valence-corrected chi connectivity index (χ4v) is 6.28. The number of aryl methyl sites for hydroxylation is 2. The van der Waals surface area contributed by atoms with E-state index in [0.29, 0.717) is 44.2 Å². The molecule has 2 aliphatic heterocycles. The van der Waals surface area contributed by atoms with E-state index in [9.17, 15) is 13.2 Å². The number of piperazine rings is 1. The molecular formula is C24H28N6O3S. The van der Waals surface area contributed by atoms with Gasteiger partial charge in [0.05, 0.1) is 23.2 Å². The SMILES string of the molecule is Cc1ccc(-c2cc(C(=O)N3CCN(c4ncccn4)CC3)nn2C2CCS(=O)(=O)C2)cc1C. The second-order valence-corrected chi connectivity index (χ2v) is 11.3. The van der Waals surface area contributed by atoms with Gasteiger partial charge in [-0.15, -0.1) is 0 Å². The standard InChI is InChI=1S/C24H28N6O3S/c1-17-4-5-19(14-18(17)2)22-15-21(27-30(22)20-6-13-34(32,33)16-20)23(31)28-9-11-29(12-10-28)24-25-7-3-8-26-24/h3-5,7-8,14-15,20H,6,9-13,16H2,1-2H3. The molecule has 0 N–H and O–H groups in total. The Balaban J connectivity index is 1.41. The molecule has 178 valence electrons. The van der Waals surface area contributed by atoms with Crippen LogP contribution in [0.2, 0.25) is 0 Å². The van der Waals surface area contributed by atoms with Crippen molar-refractivity contribution in [3.63, 3.8) is 0 Å². The molecule has 0 aliphatic carbocycles. The lowest BCUT2D eigenvalue weighted by atomic mass is 10.0. The van der Waals surface area contributed by atoms with Gasteiger partial charge in [-0.2, -0.15) is 5.10 Å². The molecule has 4 heterocycles. The maximum Gasteiger partial charge on any atom is 0.274 e. The number of amides is 1. The van der Waals surface area contributed by atoms with Crippen LogP contribution >= 0.6 is 0 Å². The quantitative estimate of drug-likeness (QED) is 0.565. The molecule has 0 saturated carbocycles. The Morgan fingerprint density at radius 3 is 2.38 bits per heavy atom. The lowest BCUT2D eigenvalue weighted by Gasteiger charge is -2.34. The van der Waals surface area contributed by atoms with Gasteiger partial charge in [-0.3, -0.25) is 9.48 Å². The van der Waals surface area contributed by atoms with Gasteiger partial charge >= 0.3 is 0 Å². The van der Waals surface area contributed by atoms with Crippen molar-refractivity contribution in [1.82, 2.24) is 24.6 Å². The smallest absolute Gasteiger partial charge is 0.274 e. The number of sulfone groups is 1. The average molecular weight is 481 g/mol. The van der Waals surface area contributed by atoms with Gasteiger partial charge in [0.15, 0.2) is 15.5 Å². The summed E-state index contributed by atoms with van der Waals surface area (Å²) in [5.41, 5.74) is 4.38. The third-order valence-corrected chi connectivity index (χ3v) is 8.46. The van der Waals surface area contributed by atoms with Crippen LogP contribution in [0.5, 0.6) is 0 Å². The molecule has 0 radical (unpaired) electrons. The van der Waals surface area contributed by atoms with E-state index in [1.165, 1.54) is 5.56 Å². The van der Waals surface area contributed by atoms with Crippen LogP contribution in [0.3, 0.4) is 0 Å². The highest BCUT2D eigenvalue weighted by Crippen LogP contribution is 2.31. The zero-order valence-electron chi connectivity index (χ0n) is 19.4. The van der Waals surface area contributed by atoms with Crippen LogP contribution in [0.15, 0.2) is 42.7 Å². The highest BCUT2D eigenvalue weighted by Gasteiger charge is 2.33. The Bertz CT molecular complexity index is 1310. The second kappa shape index (κ2) is 8.83. The van der Waals surface area contributed by atoms with E-state index < -0.39 is 9.84 Å². The zero-order chi connectivity index (χ0) is 23.9. The Kier molecular flexibility index (Phi) is 5.85. The normalized spacial score (nSPS) is 20.0. The van der Waals surface area contributed by atoms with Crippen molar-refractivity contribution in [2.45, 2.75) is 26.3 Å². The Morgan fingerprint density at radius 1 is 1.00 bits per heavy atom. The molecule has 2 fully saturated rings. The molecular weight excluding hydrogens is 452 g/mol. The molecule has 2 aromatic heterocycles. The van der Waals surface area contributed by atoms with Gasteiger partial charge in [-0.1, -0.05) is 12.1 Å². The molecule has 3 aromatic rings. The van der Waals surface area contributed by atoms with Gasteiger partial charge in [0, 0.05) is 44.1 Å². The van der Waals surface area contributed by atoms with Crippen LogP contribution in [0.1, 0.15) is 34.1 Å². The van der Waals surface area contributed by atoms with Crippen molar-refractivity contribution < 1.29 is 13.2 Å². The lowest BCUT2D eigenvalue weighted by Crippen LogP contribution is -2.49. The van der Waals surface area contributed by atoms with E-state index in [4.69, 9.17) is 0 Å². The van der Waals surface area contributed by atoms with Crippen molar-refractivity contribution in [2.24, 2.45) is 0 Å². The number of rotatable bonds is 4. The molecule has 10 heteroatoms. The zero-order valence-corrected chi connectivity index (χ0v) is 20.2. The number of carbonyl (C=O) groups excluding carboxylic acids is 1. The molecule has 9 nitrogen and oxygen atoms in total. The minimum Gasteiger partial charge on any atom is -0.337 e. The Morgan fingerprint density at radius 2 is 1.74 bits per heavy atom. The first kappa shape index (κ1) is 22.5. The van der Waals surface area contributed by atoms with Crippen molar-refractivity contribution in [2.75, 3.05) is 42.6 Å². The summed E-state index contributed by atoms with van der Waals surface area (Å²) in [6, 6.07) is 9.44. The minimum absolute atomic E-state index is 0.0515. The summed E-state index contributed by atoms with van der Waals surface area (Å²) in [4.78, 5) is 25.8. The van der Waals surface area contributed by atoms with Crippen molar-refractivity contribution in [1.29, 1.82) is 0 Å². The monoisotopic (exact) mass is 480 g/mol. The van der Waals surface area contributed by atoms with E-state index in [-0.39, 0.29) is 23.5 Å². The molecule has 1 atom stereocenters. The highest BCUT2D eigenvalue weighted by atomic mass is 32.2. The van der Waals surface area contributed by atoms with Crippen molar-refractivity contribution in [3.05, 3.63) is 59.5 Å². The number of benzene rings is 1. The Labute approximate surface area is 199 Å². The van der Waals surface area contributed by atoms with Gasteiger partial charge < -0.3 is 9.80 Å². The molecule has 1 aromatic carbocycles. The second-order valence-electron chi connectivity index (χ2n) is 9.04. The van der Waals surface area contributed by atoms with Gasteiger partial charge in [0.25, 0.3) is 5.91 Å². The number of aromatic nitrogens is 4. The van der Waals surface area contributed by atoms with E-state index >= 15 is 0 Å². The number of nitrogens with zero attached hydrogens (tertiary/aromatic N) is 6. The van der Waals surface area contributed by atoms with Crippen LogP contribution < -0.4 is 4.90 Å². The minimum atomic E-state index is -3.09. The third kappa shape index (κ3) is 4.42. The molecule has 0 spiro atoms. The summed E-state index contributed by atoms with van der Waals surface area (Å²) in [6.07, 6.45) is 3.93. The fraction of sp³-hybridized carbons (Fsp3) is 0.417. The van der Waals surface area contributed by atoms with Gasteiger partial charge in [-0.05, 0) is 49.6 Å². The largest absolute Gasteiger partial charge is 0.337 e.